The van der Waals surface area contributed by atoms with Crippen molar-refractivity contribution in [3.05, 3.63) is 41.2 Å². The average Bonchev–Trinajstić information content (AvgIpc) is 3.08. The number of benzene rings is 1. The monoisotopic (exact) mass is 281 g/mol. The minimum Gasteiger partial charge on any atom is -0.324 e. The SMILES string of the molecule is CCc1nn(-c2nc3ccccc3[nH]2)c2c1C(N)CCC2. The van der Waals surface area contributed by atoms with Crippen LogP contribution in [0.25, 0.3) is 17.0 Å². The van der Waals surface area contributed by atoms with Crippen molar-refractivity contribution in [3.8, 4) is 5.95 Å². The Morgan fingerprint density at radius 2 is 2.24 bits per heavy atom. The Labute approximate surface area is 123 Å². The van der Waals surface area contributed by atoms with E-state index in [4.69, 9.17) is 10.8 Å². The second kappa shape index (κ2) is 4.70. The van der Waals surface area contributed by atoms with Crippen LogP contribution >= 0.6 is 0 Å². The molecule has 2 aromatic heterocycles. The predicted octanol–water partition coefficient (Wildman–Crippen LogP) is 2.65. The highest BCUT2D eigenvalue weighted by Crippen LogP contribution is 2.32. The molecule has 4 rings (SSSR count). The van der Waals surface area contributed by atoms with Crippen molar-refractivity contribution in [2.75, 3.05) is 0 Å². The Balaban J connectivity index is 1.92. The molecule has 0 amide bonds. The van der Waals surface area contributed by atoms with Crippen LogP contribution in [0.3, 0.4) is 0 Å². The van der Waals surface area contributed by atoms with Gasteiger partial charge in [-0.05, 0) is 37.8 Å². The lowest BCUT2D eigenvalue weighted by molar-refractivity contribution is 0.554. The number of fused-ring (bicyclic) bond motifs is 2. The molecule has 1 aliphatic rings. The van der Waals surface area contributed by atoms with Gasteiger partial charge in [-0.25, -0.2) is 9.67 Å². The van der Waals surface area contributed by atoms with Gasteiger partial charge in [-0.3, -0.25) is 0 Å². The second-order valence-electron chi connectivity index (χ2n) is 5.65. The molecule has 21 heavy (non-hydrogen) atoms. The number of imidazole rings is 1. The van der Waals surface area contributed by atoms with E-state index < -0.39 is 0 Å². The minimum absolute atomic E-state index is 0.113. The molecule has 1 aromatic carbocycles. The molecule has 2 heterocycles. The number of aryl methyl sites for hydroxylation is 1. The summed E-state index contributed by atoms with van der Waals surface area (Å²) in [4.78, 5) is 8.03. The number of hydrogen-bond donors (Lipinski definition) is 2. The Kier molecular flexibility index (Phi) is 2.82. The first-order chi connectivity index (χ1) is 10.3. The van der Waals surface area contributed by atoms with Gasteiger partial charge in [0.1, 0.15) is 0 Å². The number of rotatable bonds is 2. The summed E-state index contributed by atoms with van der Waals surface area (Å²) in [5.74, 6) is 0.793. The van der Waals surface area contributed by atoms with Crippen molar-refractivity contribution < 1.29 is 0 Å². The third-order valence-electron chi connectivity index (χ3n) is 4.31. The number of aromatic amines is 1. The van der Waals surface area contributed by atoms with E-state index >= 15 is 0 Å². The fourth-order valence-corrected chi connectivity index (χ4v) is 3.29. The summed E-state index contributed by atoms with van der Waals surface area (Å²) in [5, 5.41) is 4.77. The second-order valence-corrected chi connectivity index (χ2v) is 5.65. The van der Waals surface area contributed by atoms with Crippen LogP contribution < -0.4 is 5.73 Å². The van der Waals surface area contributed by atoms with Gasteiger partial charge in [-0.15, -0.1) is 0 Å². The predicted molar refractivity (Wildman–Crippen MR) is 82.5 cm³/mol. The van der Waals surface area contributed by atoms with Crippen molar-refractivity contribution >= 4 is 11.0 Å². The molecular weight excluding hydrogens is 262 g/mol. The van der Waals surface area contributed by atoms with E-state index in [2.05, 4.69) is 16.9 Å². The molecule has 0 bridgehead atoms. The van der Waals surface area contributed by atoms with E-state index in [1.54, 1.807) is 0 Å². The summed E-state index contributed by atoms with van der Waals surface area (Å²) in [7, 11) is 0. The molecule has 1 atom stereocenters. The Morgan fingerprint density at radius 1 is 1.38 bits per heavy atom. The van der Waals surface area contributed by atoms with Crippen molar-refractivity contribution in [1.82, 2.24) is 19.7 Å². The van der Waals surface area contributed by atoms with E-state index in [0.29, 0.717) is 0 Å². The van der Waals surface area contributed by atoms with E-state index in [0.717, 1.165) is 48.4 Å². The number of nitrogens with two attached hydrogens (primary N) is 1. The third-order valence-corrected chi connectivity index (χ3v) is 4.31. The smallest absolute Gasteiger partial charge is 0.229 e. The lowest BCUT2D eigenvalue weighted by Gasteiger charge is -2.19. The van der Waals surface area contributed by atoms with E-state index in [1.807, 2.05) is 28.9 Å². The van der Waals surface area contributed by atoms with Gasteiger partial charge in [0.2, 0.25) is 5.95 Å². The van der Waals surface area contributed by atoms with Crippen LogP contribution in [-0.2, 0) is 12.8 Å². The molecule has 3 N–H and O–H groups in total. The highest BCUT2D eigenvalue weighted by atomic mass is 15.4. The van der Waals surface area contributed by atoms with Crippen LogP contribution in [0.5, 0.6) is 0 Å². The summed E-state index contributed by atoms with van der Waals surface area (Å²) < 4.78 is 1.97. The van der Waals surface area contributed by atoms with Gasteiger partial charge in [-0.2, -0.15) is 5.10 Å². The van der Waals surface area contributed by atoms with Gasteiger partial charge in [0.25, 0.3) is 0 Å². The molecular formula is C16H19N5. The number of para-hydroxylation sites is 2. The van der Waals surface area contributed by atoms with Gasteiger partial charge in [0, 0.05) is 11.6 Å². The Hall–Kier alpha value is -2.14. The number of aromatic nitrogens is 4. The maximum atomic E-state index is 6.31. The van der Waals surface area contributed by atoms with Crippen molar-refractivity contribution in [3.63, 3.8) is 0 Å². The maximum Gasteiger partial charge on any atom is 0.229 e. The van der Waals surface area contributed by atoms with Gasteiger partial charge < -0.3 is 10.7 Å². The largest absolute Gasteiger partial charge is 0.324 e. The van der Waals surface area contributed by atoms with Crippen LogP contribution in [0, 0.1) is 0 Å². The molecule has 0 radical (unpaired) electrons. The first-order valence-electron chi connectivity index (χ1n) is 7.59. The number of H-pyrrole nitrogens is 1. The zero-order chi connectivity index (χ0) is 14.4. The number of nitrogens with one attached hydrogen (secondary N) is 1. The van der Waals surface area contributed by atoms with Crippen LogP contribution in [-0.4, -0.2) is 19.7 Å². The van der Waals surface area contributed by atoms with Crippen LogP contribution in [0.4, 0.5) is 0 Å². The number of hydrogen-bond acceptors (Lipinski definition) is 3. The highest BCUT2D eigenvalue weighted by Gasteiger charge is 2.26. The molecule has 5 heteroatoms. The molecule has 108 valence electrons. The highest BCUT2D eigenvalue weighted by molar-refractivity contribution is 5.76. The Bertz CT molecular complexity index is 765. The van der Waals surface area contributed by atoms with Gasteiger partial charge in [0.05, 0.1) is 22.4 Å². The molecule has 3 aromatic rings. The van der Waals surface area contributed by atoms with Gasteiger partial charge >= 0.3 is 0 Å². The molecule has 1 aliphatic carbocycles. The summed E-state index contributed by atoms with van der Waals surface area (Å²) in [6.45, 7) is 2.13. The van der Waals surface area contributed by atoms with Crippen LogP contribution in [0.2, 0.25) is 0 Å². The average molecular weight is 281 g/mol. The molecule has 0 spiro atoms. The van der Waals surface area contributed by atoms with Gasteiger partial charge in [-0.1, -0.05) is 19.1 Å². The lowest BCUT2D eigenvalue weighted by atomic mass is 9.91. The molecule has 1 unspecified atom stereocenters. The zero-order valence-electron chi connectivity index (χ0n) is 12.1. The zero-order valence-corrected chi connectivity index (χ0v) is 12.1. The molecule has 0 fully saturated rings. The van der Waals surface area contributed by atoms with Crippen LogP contribution in [0.1, 0.15) is 42.8 Å². The topological polar surface area (TPSA) is 72.5 Å². The first-order valence-corrected chi connectivity index (χ1v) is 7.59. The first kappa shape index (κ1) is 12.6. The Morgan fingerprint density at radius 3 is 3.05 bits per heavy atom. The fraction of sp³-hybridized carbons (Fsp3) is 0.375. The minimum atomic E-state index is 0.113. The van der Waals surface area contributed by atoms with E-state index in [1.165, 1.54) is 11.3 Å². The lowest BCUT2D eigenvalue weighted by Crippen LogP contribution is -2.19. The van der Waals surface area contributed by atoms with E-state index in [-0.39, 0.29) is 6.04 Å². The number of nitrogens with zero attached hydrogens (tertiary/aromatic N) is 3. The van der Waals surface area contributed by atoms with Crippen LogP contribution in [0.15, 0.2) is 24.3 Å². The summed E-state index contributed by atoms with van der Waals surface area (Å²) in [6.07, 6.45) is 4.09. The quantitative estimate of drug-likeness (QED) is 0.758. The third kappa shape index (κ3) is 1.88. The molecule has 0 saturated heterocycles. The van der Waals surface area contributed by atoms with Crippen molar-refractivity contribution in [2.45, 2.75) is 38.6 Å². The fourth-order valence-electron chi connectivity index (χ4n) is 3.29. The molecule has 5 nitrogen and oxygen atoms in total. The van der Waals surface area contributed by atoms with Gasteiger partial charge in [0.15, 0.2) is 0 Å². The normalized spacial score (nSPS) is 18.1. The van der Waals surface area contributed by atoms with Crippen molar-refractivity contribution in [2.24, 2.45) is 5.73 Å². The summed E-state index contributed by atoms with van der Waals surface area (Å²) >= 11 is 0. The maximum absolute atomic E-state index is 6.31. The molecule has 0 saturated carbocycles. The summed E-state index contributed by atoms with van der Waals surface area (Å²) in [6, 6.07) is 8.17. The summed E-state index contributed by atoms with van der Waals surface area (Å²) in [5.41, 5.74) is 11.9. The standard InChI is InChI=1S/C16H19N5/c1-2-11-15-10(17)6-5-9-14(15)21(20-11)16-18-12-7-3-4-8-13(12)19-16/h3-4,7-8,10H,2,5-6,9,17H2,1H3,(H,18,19). The van der Waals surface area contributed by atoms with E-state index in [9.17, 15) is 0 Å². The van der Waals surface area contributed by atoms with Crippen molar-refractivity contribution in [1.29, 1.82) is 0 Å². The molecule has 0 aliphatic heterocycles.